The smallest absolute Gasteiger partial charge is 0.250 e. The van der Waals surface area contributed by atoms with Crippen LogP contribution in [0.5, 0.6) is 11.6 Å². The van der Waals surface area contributed by atoms with E-state index < -0.39 is 0 Å². The molecule has 3 aromatic rings. The van der Waals surface area contributed by atoms with E-state index in [1.54, 1.807) is 18.5 Å². The summed E-state index contributed by atoms with van der Waals surface area (Å²) in [5.74, 6) is 0.959. The number of ether oxygens (including phenoxy) is 1. The lowest BCUT2D eigenvalue weighted by Gasteiger charge is -2.05. The van der Waals surface area contributed by atoms with Crippen LogP contribution in [0, 0.1) is 0 Å². The number of aromatic amines is 1. The highest BCUT2D eigenvalue weighted by molar-refractivity contribution is 9.10. The van der Waals surface area contributed by atoms with Gasteiger partial charge < -0.3 is 15.5 Å². The van der Waals surface area contributed by atoms with E-state index in [-0.39, 0.29) is 5.95 Å². The van der Waals surface area contributed by atoms with Crippen molar-refractivity contribution in [2.24, 2.45) is 0 Å². The number of rotatable bonds is 2. The van der Waals surface area contributed by atoms with Crippen LogP contribution < -0.4 is 10.5 Å². The SMILES string of the molecule is Nc1nc(Oc2cncc(Br)c2)c2[nH]cnc2n1. The van der Waals surface area contributed by atoms with Crippen LogP contribution in [-0.4, -0.2) is 24.9 Å². The van der Waals surface area contributed by atoms with E-state index in [2.05, 4.69) is 40.8 Å². The third-order valence-corrected chi connectivity index (χ3v) is 2.60. The van der Waals surface area contributed by atoms with E-state index in [0.29, 0.717) is 22.8 Å². The molecule has 0 atom stereocenters. The van der Waals surface area contributed by atoms with Crippen molar-refractivity contribution < 1.29 is 4.74 Å². The van der Waals surface area contributed by atoms with Gasteiger partial charge in [0.05, 0.1) is 12.5 Å². The molecule has 3 N–H and O–H groups in total. The second kappa shape index (κ2) is 4.22. The van der Waals surface area contributed by atoms with Crippen LogP contribution >= 0.6 is 15.9 Å². The summed E-state index contributed by atoms with van der Waals surface area (Å²) in [6.45, 7) is 0. The van der Waals surface area contributed by atoms with Crippen molar-refractivity contribution in [2.75, 3.05) is 5.73 Å². The van der Waals surface area contributed by atoms with Crippen LogP contribution in [0.25, 0.3) is 11.2 Å². The van der Waals surface area contributed by atoms with Crippen molar-refractivity contribution in [1.29, 1.82) is 0 Å². The lowest BCUT2D eigenvalue weighted by atomic mass is 10.4. The highest BCUT2D eigenvalue weighted by atomic mass is 79.9. The van der Waals surface area contributed by atoms with Gasteiger partial charge in [0.15, 0.2) is 5.65 Å². The number of aromatic nitrogens is 5. The Balaban J connectivity index is 2.06. The van der Waals surface area contributed by atoms with Crippen molar-refractivity contribution in [2.45, 2.75) is 0 Å². The number of fused-ring (bicyclic) bond motifs is 1. The Bertz CT molecular complexity index is 712. The number of nitrogens with zero attached hydrogens (tertiary/aromatic N) is 4. The standard InChI is InChI=1S/C10H7BrN6O/c11-5-1-6(3-13-2-5)18-9-7-8(15-4-14-7)16-10(12)17-9/h1-4H,(H3,12,14,15,16,17). The summed E-state index contributed by atoms with van der Waals surface area (Å²) in [6.07, 6.45) is 4.74. The number of anilines is 1. The van der Waals surface area contributed by atoms with E-state index in [9.17, 15) is 0 Å². The number of nitrogens with one attached hydrogen (secondary N) is 1. The minimum absolute atomic E-state index is 0.104. The minimum atomic E-state index is 0.104. The van der Waals surface area contributed by atoms with Gasteiger partial charge in [0.2, 0.25) is 5.95 Å². The number of nitrogens with two attached hydrogens (primary N) is 1. The average molecular weight is 307 g/mol. The Morgan fingerprint density at radius 3 is 3.00 bits per heavy atom. The van der Waals surface area contributed by atoms with Crippen molar-refractivity contribution in [1.82, 2.24) is 24.9 Å². The van der Waals surface area contributed by atoms with Gasteiger partial charge in [-0.15, -0.1) is 0 Å². The van der Waals surface area contributed by atoms with Crippen LogP contribution in [0.2, 0.25) is 0 Å². The van der Waals surface area contributed by atoms with Crippen LogP contribution in [0.3, 0.4) is 0 Å². The molecule has 0 unspecified atom stereocenters. The molecule has 90 valence electrons. The molecule has 0 saturated heterocycles. The first kappa shape index (κ1) is 10.9. The Morgan fingerprint density at radius 2 is 2.17 bits per heavy atom. The predicted octanol–water partition coefficient (Wildman–Crippen LogP) is 1.88. The summed E-state index contributed by atoms with van der Waals surface area (Å²) >= 11 is 3.31. The van der Waals surface area contributed by atoms with Crippen LogP contribution in [0.1, 0.15) is 0 Å². The van der Waals surface area contributed by atoms with Gasteiger partial charge in [0.25, 0.3) is 5.88 Å². The minimum Gasteiger partial charge on any atom is -0.435 e. The Labute approximate surface area is 110 Å². The van der Waals surface area contributed by atoms with E-state index in [0.717, 1.165) is 4.47 Å². The molecule has 3 heterocycles. The van der Waals surface area contributed by atoms with Crippen molar-refractivity contribution >= 4 is 33.0 Å². The molecule has 3 rings (SSSR count). The molecule has 0 radical (unpaired) electrons. The number of hydrogen-bond donors (Lipinski definition) is 2. The fourth-order valence-corrected chi connectivity index (χ4v) is 1.80. The summed E-state index contributed by atoms with van der Waals surface area (Å²) in [6, 6.07) is 1.77. The molecule has 7 nitrogen and oxygen atoms in total. The quantitative estimate of drug-likeness (QED) is 0.749. The zero-order valence-corrected chi connectivity index (χ0v) is 10.5. The van der Waals surface area contributed by atoms with Crippen LogP contribution in [0.4, 0.5) is 5.95 Å². The third-order valence-electron chi connectivity index (χ3n) is 2.16. The van der Waals surface area contributed by atoms with Gasteiger partial charge in [-0.25, -0.2) is 4.98 Å². The summed E-state index contributed by atoms with van der Waals surface area (Å²) in [7, 11) is 0. The van der Waals surface area contributed by atoms with Crippen LogP contribution in [-0.2, 0) is 0 Å². The van der Waals surface area contributed by atoms with Gasteiger partial charge in [-0.2, -0.15) is 9.97 Å². The maximum Gasteiger partial charge on any atom is 0.250 e. The molecule has 0 saturated carbocycles. The molecule has 0 aromatic carbocycles. The summed E-state index contributed by atoms with van der Waals surface area (Å²) in [5.41, 5.74) is 6.63. The zero-order chi connectivity index (χ0) is 12.5. The van der Waals surface area contributed by atoms with Gasteiger partial charge in [-0.1, -0.05) is 0 Å². The Kier molecular flexibility index (Phi) is 2.56. The summed E-state index contributed by atoms with van der Waals surface area (Å²) < 4.78 is 6.42. The molecule has 8 heteroatoms. The van der Waals surface area contributed by atoms with Crippen LogP contribution in [0.15, 0.2) is 29.3 Å². The first-order valence-corrected chi connectivity index (χ1v) is 5.76. The molecule has 0 spiro atoms. The number of H-pyrrole nitrogens is 1. The van der Waals surface area contributed by atoms with Gasteiger partial charge in [0, 0.05) is 10.7 Å². The van der Waals surface area contributed by atoms with Crippen molar-refractivity contribution in [3.63, 3.8) is 0 Å². The van der Waals surface area contributed by atoms with Crippen molar-refractivity contribution in [3.8, 4) is 11.6 Å². The van der Waals surface area contributed by atoms with E-state index in [1.807, 2.05) is 0 Å². The summed E-state index contributed by atoms with van der Waals surface area (Å²) in [4.78, 5) is 18.9. The first-order chi connectivity index (χ1) is 8.72. The predicted molar refractivity (Wildman–Crippen MR) is 68.1 cm³/mol. The molecule has 0 aliphatic carbocycles. The Hall–Kier alpha value is -2.22. The maximum atomic E-state index is 5.62. The molecule has 0 bridgehead atoms. The zero-order valence-electron chi connectivity index (χ0n) is 8.96. The topological polar surface area (TPSA) is 103 Å². The lowest BCUT2D eigenvalue weighted by molar-refractivity contribution is 0.465. The molecule has 0 aliphatic rings. The highest BCUT2D eigenvalue weighted by Crippen LogP contribution is 2.26. The number of hydrogen-bond acceptors (Lipinski definition) is 6. The number of halogens is 1. The molecular formula is C10H7BrN6O. The molecule has 0 fully saturated rings. The molecule has 0 aliphatic heterocycles. The molecule has 3 aromatic heterocycles. The van der Waals surface area contributed by atoms with Gasteiger partial charge in [-0.05, 0) is 22.0 Å². The van der Waals surface area contributed by atoms with E-state index >= 15 is 0 Å². The van der Waals surface area contributed by atoms with E-state index in [1.165, 1.54) is 6.33 Å². The van der Waals surface area contributed by atoms with Crippen molar-refractivity contribution in [3.05, 3.63) is 29.3 Å². The maximum absolute atomic E-state index is 5.62. The number of imidazole rings is 1. The Morgan fingerprint density at radius 1 is 1.28 bits per heavy atom. The largest absolute Gasteiger partial charge is 0.435 e. The van der Waals surface area contributed by atoms with E-state index in [4.69, 9.17) is 10.5 Å². The molecular weight excluding hydrogens is 300 g/mol. The molecule has 0 amide bonds. The number of pyridine rings is 1. The van der Waals surface area contributed by atoms with Gasteiger partial charge >= 0.3 is 0 Å². The number of nitrogen functional groups attached to an aromatic ring is 1. The second-order valence-corrected chi connectivity index (χ2v) is 4.34. The molecule has 18 heavy (non-hydrogen) atoms. The van der Waals surface area contributed by atoms with Gasteiger partial charge in [-0.3, -0.25) is 4.98 Å². The fourth-order valence-electron chi connectivity index (χ4n) is 1.46. The monoisotopic (exact) mass is 306 g/mol. The summed E-state index contributed by atoms with van der Waals surface area (Å²) in [5, 5.41) is 0. The third kappa shape index (κ3) is 1.97. The normalized spacial score (nSPS) is 10.7. The highest BCUT2D eigenvalue weighted by Gasteiger charge is 2.10. The van der Waals surface area contributed by atoms with Gasteiger partial charge in [0.1, 0.15) is 11.3 Å². The lowest BCUT2D eigenvalue weighted by Crippen LogP contribution is -1.98. The average Bonchev–Trinajstić information content (AvgIpc) is 2.77. The first-order valence-electron chi connectivity index (χ1n) is 4.97. The second-order valence-electron chi connectivity index (χ2n) is 3.43. The fraction of sp³-hybridized carbons (Fsp3) is 0.